The van der Waals surface area contributed by atoms with E-state index >= 15 is 4.39 Å². The van der Waals surface area contributed by atoms with Crippen molar-refractivity contribution in [1.29, 1.82) is 0 Å². The molecule has 0 saturated carbocycles. The molecule has 0 bridgehead atoms. The van der Waals surface area contributed by atoms with Crippen LogP contribution in [0.2, 0.25) is 0 Å². The van der Waals surface area contributed by atoms with E-state index in [-0.39, 0.29) is 5.82 Å². The Labute approximate surface area is 217 Å². The molecule has 6 nitrogen and oxygen atoms in total. The van der Waals surface area contributed by atoms with Crippen LogP contribution in [0.5, 0.6) is 0 Å². The lowest BCUT2D eigenvalue weighted by Crippen LogP contribution is -2.36. The van der Waals surface area contributed by atoms with Crippen LogP contribution in [0.25, 0.3) is 22.0 Å². The van der Waals surface area contributed by atoms with Crippen LogP contribution in [0.4, 0.5) is 21.6 Å². The van der Waals surface area contributed by atoms with E-state index in [1.807, 2.05) is 29.2 Å². The number of aromatic nitrogens is 1. The van der Waals surface area contributed by atoms with Gasteiger partial charge in [-0.05, 0) is 53.9 Å². The monoisotopic (exact) mass is 500 g/mol. The van der Waals surface area contributed by atoms with Gasteiger partial charge in [-0.1, -0.05) is 30.3 Å². The number of anilines is 3. The summed E-state index contributed by atoms with van der Waals surface area (Å²) in [7, 11) is 0. The van der Waals surface area contributed by atoms with Crippen LogP contribution in [-0.4, -0.2) is 62.5 Å². The highest BCUT2D eigenvalue weighted by molar-refractivity contribution is 5.97. The van der Waals surface area contributed by atoms with Crippen LogP contribution < -0.4 is 10.2 Å². The number of morpholine rings is 2. The molecule has 0 amide bonds. The van der Waals surface area contributed by atoms with Crippen LogP contribution in [0.3, 0.4) is 0 Å². The predicted octanol–water partition coefficient (Wildman–Crippen LogP) is 5.69. The first-order chi connectivity index (χ1) is 18.1. The number of benzene rings is 3. The van der Waals surface area contributed by atoms with Crippen LogP contribution >= 0.6 is 0 Å². The quantitative estimate of drug-likeness (QED) is 0.356. The number of ether oxygens (including phenoxy) is 2. The Morgan fingerprint density at radius 3 is 2.43 bits per heavy atom. The molecule has 4 aromatic rings. The lowest BCUT2D eigenvalue weighted by molar-refractivity contribution is 0.0341. The van der Waals surface area contributed by atoms with Gasteiger partial charge in [0, 0.05) is 49.4 Å². The number of nitrogens with zero attached hydrogens (tertiary/aromatic N) is 2. The Kier molecular flexibility index (Phi) is 6.83. The highest BCUT2D eigenvalue weighted by Gasteiger charge is 2.17. The number of aryl methyl sites for hydroxylation is 1. The van der Waals surface area contributed by atoms with E-state index in [9.17, 15) is 0 Å². The molecular formula is C30H33FN4O2. The number of aromatic amines is 1. The van der Waals surface area contributed by atoms with Crippen molar-refractivity contribution in [3.05, 3.63) is 77.6 Å². The first kappa shape index (κ1) is 24.0. The summed E-state index contributed by atoms with van der Waals surface area (Å²) in [6, 6.07) is 20.3. The largest absolute Gasteiger partial charge is 0.379 e. The number of hydrogen-bond donors (Lipinski definition) is 2. The van der Waals surface area contributed by atoms with Gasteiger partial charge in [0.1, 0.15) is 11.6 Å². The molecular weight excluding hydrogens is 467 g/mol. The number of H-pyrrole nitrogens is 1. The van der Waals surface area contributed by atoms with E-state index in [0.29, 0.717) is 32.0 Å². The van der Waals surface area contributed by atoms with Gasteiger partial charge in [-0.25, -0.2) is 4.39 Å². The van der Waals surface area contributed by atoms with E-state index in [0.717, 1.165) is 66.4 Å². The molecule has 6 rings (SSSR count). The summed E-state index contributed by atoms with van der Waals surface area (Å²) in [5.74, 6) is 0.710. The lowest BCUT2D eigenvalue weighted by Gasteiger charge is -2.29. The third kappa shape index (κ3) is 5.21. The van der Waals surface area contributed by atoms with E-state index in [1.165, 1.54) is 11.1 Å². The molecule has 3 heterocycles. The molecule has 0 spiro atoms. The summed E-state index contributed by atoms with van der Waals surface area (Å²) in [4.78, 5) is 8.01. The van der Waals surface area contributed by atoms with Gasteiger partial charge in [0.25, 0.3) is 0 Å². The van der Waals surface area contributed by atoms with Crippen molar-refractivity contribution >= 4 is 28.1 Å². The van der Waals surface area contributed by atoms with E-state index in [2.05, 4.69) is 52.5 Å². The molecule has 0 aliphatic carbocycles. The van der Waals surface area contributed by atoms with E-state index in [4.69, 9.17) is 9.47 Å². The summed E-state index contributed by atoms with van der Waals surface area (Å²) < 4.78 is 26.0. The maximum absolute atomic E-state index is 15.1. The molecule has 0 unspecified atom stereocenters. The number of rotatable bonds is 6. The molecule has 2 aliphatic heterocycles. The second-order valence-electron chi connectivity index (χ2n) is 9.87. The SMILES string of the molecule is Cc1cc(Nc2cc3cccc(-c4ccc(N5CCOCC5)c(F)c4)c3[nH]2)ccc1CN1CCOCC1. The molecule has 1 aromatic heterocycles. The molecule has 192 valence electrons. The average molecular weight is 501 g/mol. The van der Waals surface area contributed by atoms with Crippen LogP contribution in [0.1, 0.15) is 11.1 Å². The third-order valence-electron chi connectivity index (χ3n) is 7.39. The number of nitrogens with one attached hydrogen (secondary N) is 2. The average Bonchev–Trinajstić information content (AvgIpc) is 3.34. The Hall–Kier alpha value is -3.39. The summed E-state index contributed by atoms with van der Waals surface area (Å²) in [5.41, 5.74) is 7.12. The zero-order chi connectivity index (χ0) is 25.2. The Morgan fingerprint density at radius 2 is 1.68 bits per heavy atom. The first-order valence-electron chi connectivity index (χ1n) is 13.0. The first-order valence-corrected chi connectivity index (χ1v) is 13.0. The second-order valence-corrected chi connectivity index (χ2v) is 9.87. The minimum atomic E-state index is -0.200. The van der Waals surface area contributed by atoms with Gasteiger partial charge in [0.15, 0.2) is 0 Å². The lowest BCUT2D eigenvalue weighted by atomic mass is 10.0. The van der Waals surface area contributed by atoms with Gasteiger partial charge in [-0.15, -0.1) is 0 Å². The topological polar surface area (TPSA) is 52.8 Å². The van der Waals surface area contributed by atoms with Crippen molar-refractivity contribution in [3.8, 4) is 11.1 Å². The highest BCUT2D eigenvalue weighted by Crippen LogP contribution is 2.33. The molecule has 7 heteroatoms. The molecule has 2 saturated heterocycles. The van der Waals surface area contributed by atoms with Gasteiger partial charge in [0.05, 0.1) is 37.6 Å². The van der Waals surface area contributed by atoms with Crippen molar-refractivity contribution in [3.63, 3.8) is 0 Å². The fraction of sp³-hybridized carbons (Fsp3) is 0.333. The van der Waals surface area contributed by atoms with Crippen molar-refractivity contribution in [2.24, 2.45) is 0 Å². The molecule has 2 fully saturated rings. The van der Waals surface area contributed by atoms with Crippen molar-refractivity contribution < 1.29 is 13.9 Å². The van der Waals surface area contributed by atoms with Gasteiger partial charge in [0.2, 0.25) is 0 Å². The molecule has 2 aliphatic rings. The fourth-order valence-electron chi connectivity index (χ4n) is 5.31. The van der Waals surface area contributed by atoms with E-state index < -0.39 is 0 Å². The standard InChI is InChI=1S/C30H33FN4O2/c1-21-17-25(7-5-24(21)20-34-9-13-36-14-10-34)32-29-19-23-3-2-4-26(30(23)33-29)22-6-8-28(27(31)18-22)35-11-15-37-16-12-35/h2-8,17-19,32-33H,9-16,20H2,1H3. The Morgan fingerprint density at radius 1 is 0.892 bits per heavy atom. The normalized spacial score (nSPS) is 16.9. The van der Waals surface area contributed by atoms with Crippen LogP contribution in [0, 0.1) is 12.7 Å². The van der Waals surface area contributed by atoms with Crippen LogP contribution in [0.15, 0.2) is 60.7 Å². The predicted molar refractivity (Wildman–Crippen MR) is 147 cm³/mol. The van der Waals surface area contributed by atoms with Gasteiger partial charge in [-0.3, -0.25) is 4.90 Å². The summed E-state index contributed by atoms with van der Waals surface area (Å²) in [6.45, 7) is 9.40. The molecule has 3 aromatic carbocycles. The third-order valence-corrected chi connectivity index (χ3v) is 7.39. The Bertz CT molecular complexity index is 1390. The second kappa shape index (κ2) is 10.5. The van der Waals surface area contributed by atoms with Crippen molar-refractivity contribution in [1.82, 2.24) is 9.88 Å². The zero-order valence-electron chi connectivity index (χ0n) is 21.2. The fourth-order valence-corrected chi connectivity index (χ4v) is 5.31. The van der Waals surface area contributed by atoms with Crippen molar-refractivity contribution in [2.45, 2.75) is 13.5 Å². The van der Waals surface area contributed by atoms with E-state index in [1.54, 1.807) is 6.07 Å². The molecule has 37 heavy (non-hydrogen) atoms. The van der Waals surface area contributed by atoms with Crippen molar-refractivity contribution in [2.75, 3.05) is 62.8 Å². The maximum atomic E-state index is 15.1. The van der Waals surface area contributed by atoms with Gasteiger partial charge >= 0.3 is 0 Å². The van der Waals surface area contributed by atoms with Gasteiger partial charge in [-0.2, -0.15) is 0 Å². The molecule has 0 atom stereocenters. The van der Waals surface area contributed by atoms with Gasteiger partial charge < -0.3 is 24.7 Å². The summed E-state index contributed by atoms with van der Waals surface area (Å²) in [5, 5.41) is 4.61. The summed E-state index contributed by atoms with van der Waals surface area (Å²) >= 11 is 0. The minimum absolute atomic E-state index is 0.200. The highest BCUT2D eigenvalue weighted by atomic mass is 19.1. The number of fused-ring (bicyclic) bond motifs is 1. The minimum Gasteiger partial charge on any atom is -0.379 e. The number of hydrogen-bond acceptors (Lipinski definition) is 5. The number of halogens is 1. The molecule has 2 N–H and O–H groups in total. The maximum Gasteiger partial charge on any atom is 0.147 e. The number of para-hydroxylation sites is 1. The smallest absolute Gasteiger partial charge is 0.147 e. The zero-order valence-corrected chi connectivity index (χ0v) is 21.2. The Balaban J connectivity index is 1.22. The van der Waals surface area contributed by atoms with Crippen LogP contribution in [-0.2, 0) is 16.0 Å². The summed E-state index contributed by atoms with van der Waals surface area (Å²) in [6.07, 6.45) is 0. The molecule has 0 radical (unpaired) electrons.